The number of anilines is 1. The van der Waals surface area contributed by atoms with Crippen molar-refractivity contribution in [1.29, 1.82) is 0 Å². The maximum Gasteiger partial charge on any atom is 0.228 e. The highest BCUT2D eigenvalue weighted by molar-refractivity contribution is 5.95. The van der Waals surface area contributed by atoms with Crippen LogP contribution < -0.4 is 4.90 Å². The SMILES string of the molecule is CC(O)CN1CCN(CCC(=O)N2CCc3ccccc32)CC1. The number of carbonyl (C=O) groups is 1. The molecule has 0 bridgehead atoms. The van der Waals surface area contributed by atoms with Crippen molar-refractivity contribution in [2.75, 3.05) is 50.7 Å². The molecule has 1 unspecified atom stereocenters. The van der Waals surface area contributed by atoms with E-state index in [1.54, 1.807) is 0 Å². The molecule has 1 fully saturated rings. The molecule has 2 aliphatic rings. The minimum absolute atomic E-state index is 0.237. The van der Waals surface area contributed by atoms with Crippen LogP contribution in [0.1, 0.15) is 18.9 Å². The van der Waals surface area contributed by atoms with Crippen molar-refractivity contribution in [3.63, 3.8) is 0 Å². The van der Waals surface area contributed by atoms with E-state index in [0.29, 0.717) is 6.42 Å². The lowest BCUT2D eigenvalue weighted by Gasteiger charge is -2.35. The summed E-state index contributed by atoms with van der Waals surface area (Å²) in [5.74, 6) is 0.237. The number of hydrogen-bond donors (Lipinski definition) is 1. The van der Waals surface area contributed by atoms with E-state index in [9.17, 15) is 9.90 Å². The van der Waals surface area contributed by atoms with Gasteiger partial charge in [0.2, 0.25) is 5.91 Å². The van der Waals surface area contributed by atoms with Crippen molar-refractivity contribution in [2.45, 2.75) is 25.9 Å². The topological polar surface area (TPSA) is 47.0 Å². The molecule has 0 spiro atoms. The number of benzene rings is 1. The lowest BCUT2D eigenvalue weighted by molar-refractivity contribution is -0.118. The van der Waals surface area contributed by atoms with Crippen molar-refractivity contribution in [3.05, 3.63) is 29.8 Å². The number of rotatable bonds is 5. The minimum atomic E-state index is -0.265. The van der Waals surface area contributed by atoms with E-state index in [2.05, 4.69) is 21.9 Å². The zero-order valence-electron chi connectivity index (χ0n) is 13.9. The van der Waals surface area contributed by atoms with Crippen LogP contribution in [0.2, 0.25) is 0 Å². The van der Waals surface area contributed by atoms with Crippen molar-refractivity contribution >= 4 is 11.6 Å². The molecule has 1 aromatic carbocycles. The molecule has 1 amide bonds. The number of amides is 1. The summed E-state index contributed by atoms with van der Waals surface area (Å²) in [6, 6.07) is 8.21. The van der Waals surface area contributed by atoms with Gasteiger partial charge in [-0.1, -0.05) is 18.2 Å². The first-order chi connectivity index (χ1) is 11.1. The fourth-order valence-electron chi connectivity index (χ4n) is 3.56. The van der Waals surface area contributed by atoms with E-state index >= 15 is 0 Å². The van der Waals surface area contributed by atoms with E-state index in [4.69, 9.17) is 0 Å². The lowest BCUT2D eigenvalue weighted by atomic mass is 10.2. The van der Waals surface area contributed by atoms with Gasteiger partial charge >= 0.3 is 0 Å². The molecule has 23 heavy (non-hydrogen) atoms. The Bertz CT molecular complexity index is 539. The third kappa shape index (κ3) is 4.10. The monoisotopic (exact) mass is 317 g/mol. The van der Waals surface area contributed by atoms with Gasteiger partial charge in [-0.2, -0.15) is 0 Å². The molecular weight excluding hydrogens is 290 g/mol. The van der Waals surface area contributed by atoms with Gasteiger partial charge < -0.3 is 14.9 Å². The van der Waals surface area contributed by atoms with Crippen LogP contribution in [0.25, 0.3) is 0 Å². The maximum atomic E-state index is 12.5. The van der Waals surface area contributed by atoms with Gasteiger partial charge in [-0.05, 0) is 25.0 Å². The summed E-state index contributed by atoms with van der Waals surface area (Å²) in [5, 5.41) is 9.44. The van der Waals surface area contributed by atoms with E-state index in [1.165, 1.54) is 5.56 Å². The van der Waals surface area contributed by atoms with Gasteiger partial charge in [-0.15, -0.1) is 0 Å². The van der Waals surface area contributed by atoms with Gasteiger partial charge in [0.05, 0.1) is 6.10 Å². The first-order valence-corrected chi connectivity index (χ1v) is 8.64. The molecule has 0 saturated carbocycles. The molecule has 1 N–H and O–H groups in total. The van der Waals surface area contributed by atoms with Crippen LogP contribution in [-0.2, 0) is 11.2 Å². The molecule has 5 nitrogen and oxygen atoms in total. The smallest absolute Gasteiger partial charge is 0.228 e. The molecule has 0 aliphatic carbocycles. The first-order valence-electron chi connectivity index (χ1n) is 8.64. The second-order valence-corrected chi connectivity index (χ2v) is 6.67. The minimum Gasteiger partial charge on any atom is -0.392 e. The second kappa shape index (κ2) is 7.43. The fourth-order valence-corrected chi connectivity index (χ4v) is 3.56. The Morgan fingerprint density at radius 3 is 2.57 bits per heavy atom. The quantitative estimate of drug-likeness (QED) is 0.879. The highest BCUT2D eigenvalue weighted by Gasteiger charge is 2.25. The summed E-state index contributed by atoms with van der Waals surface area (Å²) in [7, 11) is 0. The summed E-state index contributed by atoms with van der Waals surface area (Å²) in [5.41, 5.74) is 2.38. The van der Waals surface area contributed by atoms with Gasteiger partial charge in [-0.25, -0.2) is 0 Å². The van der Waals surface area contributed by atoms with Gasteiger partial charge in [0, 0.05) is 57.9 Å². The van der Waals surface area contributed by atoms with Crippen LogP contribution in [0, 0.1) is 0 Å². The van der Waals surface area contributed by atoms with E-state index in [-0.39, 0.29) is 12.0 Å². The number of hydrogen-bond acceptors (Lipinski definition) is 4. The first kappa shape index (κ1) is 16.4. The van der Waals surface area contributed by atoms with Gasteiger partial charge in [-0.3, -0.25) is 9.69 Å². The Hall–Kier alpha value is -1.43. The number of β-amino-alcohol motifs (C(OH)–C–C–N with tert-alkyl or cyclic N) is 1. The fraction of sp³-hybridized carbons (Fsp3) is 0.611. The average molecular weight is 317 g/mol. The Labute approximate surface area is 138 Å². The average Bonchev–Trinajstić information content (AvgIpc) is 2.97. The number of piperazine rings is 1. The summed E-state index contributed by atoms with van der Waals surface area (Å²) in [4.78, 5) is 19.1. The molecule has 2 aliphatic heterocycles. The van der Waals surface area contributed by atoms with E-state index in [1.807, 2.05) is 24.0 Å². The largest absolute Gasteiger partial charge is 0.392 e. The van der Waals surface area contributed by atoms with Gasteiger partial charge in [0.25, 0.3) is 0 Å². The molecule has 1 atom stereocenters. The normalized spacial score (nSPS) is 20.5. The summed E-state index contributed by atoms with van der Waals surface area (Å²) >= 11 is 0. The summed E-state index contributed by atoms with van der Waals surface area (Å²) in [6.07, 6.45) is 1.29. The Balaban J connectivity index is 1.44. The number of fused-ring (bicyclic) bond motifs is 1. The van der Waals surface area contributed by atoms with Gasteiger partial charge in [0.15, 0.2) is 0 Å². The molecule has 2 heterocycles. The number of aliphatic hydroxyl groups is 1. The van der Waals surface area contributed by atoms with E-state index < -0.39 is 0 Å². The molecule has 0 aromatic heterocycles. The van der Waals surface area contributed by atoms with E-state index in [0.717, 1.165) is 57.9 Å². The molecule has 3 rings (SSSR count). The summed E-state index contributed by atoms with van der Waals surface area (Å²) < 4.78 is 0. The molecule has 0 radical (unpaired) electrons. The third-order valence-electron chi connectivity index (χ3n) is 4.82. The predicted molar refractivity (Wildman–Crippen MR) is 91.7 cm³/mol. The molecule has 126 valence electrons. The molecular formula is C18H27N3O2. The number of nitrogens with zero attached hydrogens (tertiary/aromatic N) is 3. The second-order valence-electron chi connectivity index (χ2n) is 6.67. The standard InChI is InChI=1S/C18H27N3O2/c1-15(22)14-20-12-10-19(11-13-20)8-7-18(23)21-9-6-16-4-2-3-5-17(16)21/h2-5,15,22H,6-14H2,1H3. The Morgan fingerprint density at radius 1 is 1.13 bits per heavy atom. The Morgan fingerprint density at radius 2 is 1.83 bits per heavy atom. The van der Waals surface area contributed by atoms with Crippen LogP contribution >= 0.6 is 0 Å². The number of aliphatic hydroxyl groups excluding tert-OH is 1. The third-order valence-corrected chi connectivity index (χ3v) is 4.82. The van der Waals surface area contributed by atoms with Crippen LogP contribution in [-0.4, -0.2) is 72.7 Å². The van der Waals surface area contributed by atoms with Crippen LogP contribution in [0.5, 0.6) is 0 Å². The Kier molecular flexibility index (Phi) is 5.30. The number of carbonyl (C=O) groups excluding carboxylic acids is 1. The van der Waals surface area contributed by atoms with Crippen molar-refractivity contribution in [1.82, 2.24) is 9.80 Å². The highest BCUT2D eigenvalue weighted by Crippen LogP contribution is 2.27. The van der Waals surface area contributed by atoms with Crippen LogP contribution in [0.15, 0.2) is 24.3 Å². The maximum absolute atomic E-state index is 12.5. The predicted octanol–water partition coefficient (Wildman–Crippen LogP) is 0.964. The van der Waals surface area contributed by atoms with Crippen LogP contribution in [0.3, 0.4) is 0 Å². The van der Waals surface area contributed by atoms with Crippen molar-refractivity contribution < 1.29 is 9.90 Å². The molecule has 1 saturated heterocycles. The zero-order chi connectivity index (χ0) is 16.2. The molecule has 5 heteroatoms. The number of para-hydroxylation sites is 1. The highest BCUT2D eigenvalue weighted by atomic mass is 16.3. The zero-order valence-corrected chi connectivity index (χ0v) is 13.9. The van der Waals surface area contributed by atoms with Crippen molar-refractivity contribution in [3.8, 4) is 0 Å². The lowest BCUT2D eigenvalue weighted by Crippen LogP contribution is -2.48. The van der Waals surface area contributed by atoms with Gasteiger partial charge in [0.1, 0.15) is 0 Å². The summed E-state index contributed by atoms with van der Waals surface area (Å²) in [6.45, 7) is 8.15. The van der Waals surface area contributed by atoms with Crippen molar-refractivity contribution in [2.24, 2.45) is 0 Å². The molecule has 1 aromatic rings. The van der Waals surface area contributed by atoms with Crippen LogP contribution in [0.4, 0.5) is 5.69 Å².